The van der Waals surface area contributed by atoms with Gasteiger partial charge in [-0.25, -0.2) is 4.79 Å². The molecule has 4 rings (SSSR count). The molecule has 176 valence electrons. The lowest BCUT2D eigenvalue weighted by Crippen LogP contribution is -2.14. The first-order valence-corrected chi connectivity index (χ1v) is 11.4. The number of nitrogens with one attached hydrogen (secondary N) is 1. The first kappa shape index (κ1) is 23.8. The van der Waals surface area contributed by atoms with E-state index in [4.69, 9.17) is 10.8 Å². The van der Waals surface area contributed by atoms with Gasteiger partial charge < -0.3 is 14.8 Å². The lowest BCUT2D eigenvalue weighted by molar-refractivity contribution is 0.0698. The first-order chi connectivity index (χ1) is 16.6. The average molecular weight is 466 g/mol. The number of terminal acetylenes is 1. The number of para-hydroxylation sites is 1. The van der Waals surface area contributed by atoms with Gasteiger partial charge in [-0.05, 0) is 63.1 Å². The van der Waals surface area contributed by atoms with Gasteiger partial charge in [-0.1, -0.05) is 42.3 Å². The highest BCUT2D eigenvalue weighted by Gasteiger charge is 2.20. The predicted octanol–water partition coefficient (Wildman–Crippen LogP) is 6.55. The van der Waals surface area contributed by atoms with E-state index in [-0.39, 0.29) is 17.0 Å². The van der Waals surface area contributed by atoms with Crippen molar-refractivity contribution < 1.29 is 14.3 Å². The predicted molar refractivity (Wildman–Crippen MR) is 140 cm³/mol. The van der Waals surface area contributed by atoms with Gasteiger partial charge in [0.2, 0.25) is 0 Å². The van der Waals surface area contributed by atoms with Crippen molar-refractivity contribution in [2.24, 2.45) is 0 Å². The molecule has 35 heavy (non-hydrogen) atoms. The summed E-state index contributed by atoms with van der Waals surface area (Å²) in [7, 11) is 0. The Morgan fingerprint density at radius 2 is 1.83 bits per heavy atom. The quantitative estimate of drug-likeness (QED) is 0.316. The van der Waals surface area contributed by atoms with Crippen molar-refractivity contribution in [2.45, 2.75) is 39.2 Å². The second kappa shape index (κ2) is 9.15. The molecule has 0 saturated carbocycles. The molecule has 0 fully saturated rings. The summed E-state index contributed by atoms with van der Waals surface area (Å²) in [5, 5.41) is 13.3. The molecule has 1 unspecified atom stereocenters. The molecule has 4 aromatic rings. The molecule has 0 aliphatic rings. The summed E-state index contributed by atoms with van der Waals surface area (Å²) in [6, 6.07) is 19.4. The molecule has 3 aromatic carbocycles. The maximum absolute atomic E-state index is 13.1. The molecule has 2 N–H and O–H groups in total. The molecule has 0 aliphatic carbocycles. The summed E-state index contributed by atoms with van der Waals surface area (Å²) >= 11 is 0. The summed E-state index contributed by atoms with van der Waals surface area (Å²) < 4.78 is 6.34. The fourth-order valence-electron chi connectivity index (χ4n) is 4.15. The van der Waals surface area contributed by atoms with Gasteiger partial charge in [0.25, 0.3) is 0 Å². The third kappa shape index (κ3) is 4.69. The Bertz CT molecular complexity index is 1540. The molecular weight excluding hydrogens is 438 g/mol. The number of carbonyl (C=O) groups is 1. The van der Waals surface area contributed by atoms with Crippen molar-refractivity contribution in [3.8, 4) is 23.7 Å². The van der Waals surface area contributed by atoms with Crippen LogP contribution in [-0.2, 0) is 5.41 Å². The van der Waals surface area contributed by atoms with Crippen LogP contribution >= 0.6 is 0 Å². The van der Waals surface area contributed by atoms with Crippen molar-refractivity contribution in [1.82, 2.24) is 0 Å². The number of carboxylic acid groups (broad SMARTS) is 1. The van der Waals surface area contributed by atoms with Crippen molar-refractivity contribution in [3.63, 3.8) is 0 Å². The van der Waals surface area contributed by atoms with Crippen molar-refractivity contribution >= 4 is 22.6 Å². The smallest absolute Gasteiger partial charge is 0.337 e. The molecule has 1 aromatic heterocycles. The van der Waals surface area contributed by atoms with Gasteiger partial charge in [-0.3, -0.25) is 4.79 Å². The minimum absolute atomic E-state index is 0.147. The molecule has 0 amide bonds. The zero-order chi connectivity index (χ0) is 25.3. The Morgan fingerprint density at radius 3 is 2.54 bits per heavy atom. The summed E-state index contributed by atoms with van der Waals surface area (Å²) in [6.45, 7) is 7.76. The van der Waals surface area contributed by atoms with Gasteiger partial charge in [0.15, 0.2) is 5.43 Å². The van der Waals surface area contributed by atoms with Crippen LogP contribution in [0.5, 0.6) is 0 Å². The van der Waals surface area contributed by atoms with Crippen LogP contribution in [0.3, 0.4) is 0 Å². The normalized spacial score (nSPS) is 12.2. The van der Waals surface area contributed by atoms with Crippen LogP contribution in [0.25, 0.3) is 22.3 Å². The Morgan fingerprint density at radius 1 is 1.09 bits per heavy atom. The van der Waals surface area contributed by atoms with E-state index >= 15 is 0 Å². The van der Waals surface area contributed by atoms with Crippen LogP contribution < -0.4 is 10.7 Å². The number of benzene rings is 3. The average Bonchev–Trinajstić information content (AvgIpc) is 2.84. The topological polar surface area (TPSA) is 79.5 Å². The molecule has 1 heterocycles. The standard InChI is InChI=1S/C30H27NO4/c1-6-30(4,5)21-11-9-10-20(16-21)27-17-26(32)24-15-18(2)14-23(28(24)35-27)19(3)31-25-13-8-7-12-22(25)29(33)34/h1,7-17,19,31H,2-5H3,(H,33,34). The van der Waals surface area contributed by atoms with Crippen molar-refractivity contribution in [2.75, 3.05) is 5.32 Å². The molecule has 0 spiro atoms. The molecule has 0 bridgehead atoms. The maximum atomic E-state index is 13.1. The number of aromatic carboxylic acids is 1. The van der Waals surface area contributed by atoms with Gasteiger partial charge in [-0.15, -0.1) is 6.42 Å². The zero-order valence-electron chi connectivity index (χ0n) is 20.2. The largest absolute Gasteiger partial charge is 0.478 e. The number of hydrogen-bond donors (Lipinski definition) is 2. The van der Waals surface area contributed by atoms with Crippen LogP contribution in [0, 0.1) is 19.3 Å². The Hall–Kier alpha value is -4.30. The minimum Gasteiger partial charge on any atom is -0.478 e. The van der Waals surface area contributed by atoms with Gasteiger partial charge in [0.1, 0.15) is 11.3 Å². The van der Waals surface area contributed by atoms with E-state index < -0.39 is 11.4 Å². The second-order valence-corrected chi connectivity index (χ2v) is 9.27. The maximum Gasteiger partial charge on any atom is 0.337 e. The van der Waals surface area contributed by atoms with Crippen LogP contribution in [-0.4, -0.2) is 11.1 Å². The van der Waals surface area contributed by atoms with E-state index in [1.54, 1.807) is 24.3 Å². The number of anilines is 1. The lowest BCUT2D eigenvalue weighted by Gasteiger charge is -2.20. The molecular formula is C30H27NO4. The van der Waals surface area contributed by atoms with Crippen molar-refractivity contribution in [1.29, 1.82) is 0 Å². The highest BCUT2D eigenvalue weighted by Crippen LogP contribution is 2.32. The van der Waals surface area contributed by atoms with E-state index in [1.807, 2.05) is 64.1 Å². The third-order valence-electron chi connectivity index (χ3n) is 6.23. The number of rotatable bonds is 6. The SMILES string of the molecule is C#CC(C)(C)c1cccc(-c2cc(=O)c3cc(C)cc(C(C)Nc4ccccc4C(=O)O)c3o2)c1. The summed E-state index contributed by atoms with van der Waals surface area (Å²) in [5.41, 5.74) is 3.89. The first-order valence-electron chi connectivity index (χ1n) is 11.4. The molecule has 0 radical (unpaired) electrons. The van der Waals surface area contributed by atoms with Crippen LogP contribution in [0.1, 0.15) is 53.9 Å². The van der Waals surface area contributed by atoms with Gasteiger partial charge in [0.05, 0.1) is 22.4 Å². The van der Waals surface area contributed by atoms with Gasteiger partial charge in [0, 0.05) is 22.9 Å². The summed E-state index contributed by atoms with van der Waals surface area (Å²) in [5.74, 6) is 2.23. The van der Waals surface area contributed by atoms with Crippen LogP contribution in [0.15, 0.2) is 75.9 Å². The second-order valence-electron chi connectivity index (χ2n) is 9.27. The van der Waals surface area contributed by atoms with Crippen LogP contribution in [0.2, 0.25) is 0 Å². The highest BCUT2D eigenvalue weighted by molar-refractivity contribution is 5.94. The number of carboxylic acids is 1. The summed E-state index contributed by atoms with van der Waals surface area (Å²) in [6.07, 6.45) is 5.72. The molecule has 0 aliphatic heterocycles. The monoisotopic (exact) mass is 465 g/mol. The fraction of sp³-hybridized carbons (Fsp3) is 0.200. The zero-order valence-corrected chi connectivity index (χ0v) is 20.2. The molecule has 0 saturated heterocycles. The Labute approximate surface area is 204 Å². The van der Waals surface area contributed by atoms with E-state index in [1.165, 1.54) is 6.07 Å². The number of hydrogen-bond acceptors (Lipinski definition) is 4. The number of aryl methyl sites for hydroxylation is 1. The molecule has 1 atom stereocenters. The minimum atomic E-state index is -1.02. The highest BCUT2D eigenvalue weighted by atomic mass is 16.4. The Balaban J connectivity index is 1.85. The van der Waals surface area contributed by atoms with Crippen molar-refractivity contribution in [3.05, 3.63) is 99.2 Å². The van der Waals surface area contributed by atoms with E-state index in [9.17, 15) is 14.7 Å². The van der Waals surface area contributed by atoms with Gasteiger partial charge >= 0.3 is 5.97 Å². The van der Waals surface area contributed by atoms with Crippen LogP contribution in [0.4, 0.5) is 5.69 Å². The van der Waals surface area contributed by atoms with E-state index in [0.717, 1.165) is 22.3 Å². The molecule has 5 heteroatoms. The Kier molecular flexibility index (Phi) is 6.24. The third-order valence-corrected chi connectivity index (χ3v) is 6.23. The van der Waals surface area contributed by atoms with E-state index in [2.05, 4.69) is 11.2 Å². The van der Waals surface area contributed by atoms with E-state index in [0.29, 0.717) is 22.4 Å². The van der Waals surface area contributed by atoms with Gasteiger partial charge in [-0.2, -0.15) is 0 Å². The lowest BCUT2D eigenvalue weighted by atomic mass is 9.85. The summed E-state index contributed by atoms with van der Waals surface area (Å²) in [4.78, 5) is 24.8. The number of fused-ring (bicyclic) bond motifs is 1. The fourth-order valence-corrected chi connectivity index (χ4v) is 4.15. The molecule has 5 nitrogen and oxygen atoms in total.